The van der Waals surface area contributed by atoms with Gasteiger partial charge in [-0.05, 0) is 18.6 Å². The third-order valence-electron chi connectivity index (χ3n) is 2.36. The van der Waals surface area contributed by atoms with Crippen molar-refractivity contribution in [2.24, 2.45) is 0 Å². The average molecular weight is 345 g/mol. The second-order valence-electron chi connectivity index (χ2n) is 3.96. The summed E-state index contributed by atoms with van der Waals surface area (Å²) >= 11 is 0. The monoisotopic (exact) mass is 344 g/mol. The molecular formula is C12H15ClF2O5S. The van der Waals surface area contributed by atoms with E-state index in [1.54, 1.807) is 7.11 Å². The molecule has 21 heavy (non-hydrogen) atoms. The second-order valence-corrected chi connectivity index (χ2v) is 6.53. The summed E-state index contributed by atoms with van der Waals surface area (Å²) in [5, 5.41) is 0. The molecule has 5 nitrogen and oxygen atoms in total. The van der Waals surface area contributed by atoms with Crippen molar-refractivity contribution >= 4 is 19.7 Å². The fourth-order valence-electron chi connectivity index (χ4n) is 1.43. The number of methoxy groups -OCH3 is 1. The first-order valence-corrected chi connectivity index (χ1v) is 8.30. The Morgan fingerprint density at radius 3 is 2.24 bits per heavy atom. The van der Waals surface area contributed by atoms with Crippen LogP contribution in [0, 0.1) is 11.6 Å². The van der Waals surface area contributed by atoms with Crippen molar-refractivity contribution in [3.05, 3.63) is 23.8 Å². The topological polar surface area (TPSA) is 61.8 Å². The quantitative estimate of drug-likeness (QED) is 0.508. The number of hydrogen-bond donors (Lipinski definition) is 0. The normalized spacial score (nSPS) is 11.6. The van der Waals surface area contributed by atoms with Gasteiger partial charge < -0.3 is 14.2 Å². The molecule has 1 aromatic rings. The fourth-order valence-corrected chi connectivity index (χ4v) is 2.18. The van der Waals surface area contributed by atoms with Crippen molar-refractivity contribution in [2.45, 2.75) is 11.3 Å². The molecule has 0 aliphatic carbocycles. The number of rotatable bonds is 9. The Morgan fingerprint density at radius 2 is 1.71 bits per heavy atom. The highest BCUT2D eigenvalue weighted by atomic mass is 35.7. The van der Waals surface area contributed by atoms with Crippen molar-refractivity contribution in [3.8, 4) is 5.75 Å². The van der Waals surface area contributed by atoms with Gasteiger partial charge in [-0.15, -0.1) is 0 Å². The molecule has 120 valence electrons. The zero-order chi connectivity index (χ0) is 15.9. The van der Waals surface area contributed by atoms with E-state index >= 15 is 0 Å². The van der Waals surface area contributed by atoms with Gasteiger partial charge >= 0.3 is 0 Å². The molecule has 0 N–H and O–H groups in total. The van der Waals surface area contributed by atoms with Crippen LogP contribution in [0.15, 0.2) is 17.0 Å². The van der Waals surface area contributed by atoms with Crippen LogP contribution in [0.4, 0.5) is 8.78 Å². The minimum atomic E-state index is -4.20. The summed E-state index contributed by atoms with van der Waals surface area (Å²) in [6.07, 6.45) is 0.696. The molecule has 0 aliphatic rings. The molecular weight excluding hydrogens is 330 g/mol. The summed E-state index contributed by atoms with van der Waals surface area (Å²) in [4.78, 5) is -0.665. The maximum Gasteiger partial charge on any atom is 0.261 e. The van der Waals surface area contributed by atoms with E-state index in [4.69, 9.17) is 24.9 Å². The van der Waals surface area contributed by atoms with Crippen molar-refractivity contribution in [1.29, 1.82) is 0 Å². The molecule has 0 bridgehead atoms. The third kappa shape index (κ3) is 6.13. The second kappa shape index (κ2) is 8.47. The molecule has 0 atom stereocenters. The van der Waals surface area contributed by atoms with Crippen LogP contribution in [0.25, 0.3) is 0 Å². The van der Waals surface area contributed by atoms with Crippen LogP contribution in [0.5, 0.6) is 5.75 Å². The molecule has 0 saturated heterocycles. The summed E-state index contributed by atoms with van der Waals surface area (Å²) in [6.45, 7) is 1.05. The van der Waals surface area contributed by atoms with E-state index in [9.17, 15) is 17.2 Å². The van der Waals surface area contributed by atoms with Crippen LogP contribution in [-0.2, 0) is 18.5 Å². The molecule has 1 aromatic carbocycles. The van der Waals surface area contributed by atoms with Crippen LogP contribution in [0.3, 0.4) is 0 Å². The van der Waals surface area contributed by atoms with Gasteiger partial charge in [-0.25, -0.2) is 17.2 Å². The average Bonchev–Trinajstić information content (AvgIpc) is 2.39. The molecule has 0 unspecified atom stereocenters. The van der Waals surface area contributed by atoms with Crippen LogP contribution in [0.1, 0.15) is 6.42 Å². The van der Waals surface area contributed by atoms with Crippen molar-refractivity contribution < 1.29 is 31.4 Å². The lowest BCUT2D eigenvalue weighted by atomic mass is 10.3. The fraction of sp³-hybridized carbons (Fsp3) is 0.500. The van der Waals surface area contributed by atoms with E-state index in [2.05, 4.69) is 0 Å². The first-order chi connectivity index (χ1) is 9.86. The van der Waals surface area contributed by atoms with Gasteiger partial charge in [0.15, 0.2) is 17.4 Å². The minimum absolute atomic E-state index is 0.0756. The van der Waals surface area contributed by atoms with Gasteiger partial charge in [-0.3, -0.25) is 0 Å². The zero-order valence-electron chi connectivity index (χ0n) is 11.3. The molecule has 1 rings (SSSR count). The first-order valence-electron chi connectivity index (χ1n) is 5.99. The molecule has 0 fully saturated rings. The van der Waals surface area contributed by atoms with Gasteiger partial charge in [-0.1, -0.05) is 0 Å². The highest BCUT2D eigenvalue weighted by Crippen LogP contribution is 2.27. The number of halogens is 3. The molecule has 0 heterocycles. The Kier molecular flexibility index (Phi) is 7.30. The molecule has 0 saturated carbocycles. The smallest absolute Gasteiger partial charge is 0.261 e. The van der Waals surface area contributed by atoms with E-state index in [-0.39, 0.29) is 13.2 Å². The van der Waals surface area contributed by atoms with Gasteiger partial charge in [0.05, 0.1) is 11.5 Å². The van der Waals surface area contributed by atoms with Crippen molar-refractivity contribution in [1.82, 2.24) is 0 Å². The standard InChI is InChI=1S/C12H15ClF2O5S/c1-18-3-2-4-19-5-6-20-12-10(14)7-9(8-11(12)15)21(13,16)17/h7-8H,2-6H2,1H3. The maximum absolute atomic E-state index is 13.6. The predicted octanol–water partition coefficient (Wildman–Crippen LogP) is 2.32. The van der Waals surface area contributed by atoms with E-state index in [0.29, 0.717) is 31.8 Å². The number of hydrogen-bond acceptors (Lipinski definition) is 5. The van der Waals surface area contributed by atoms with Gasteiger partial charge in [0.1, 0.15) is 6.61 Å². The summed E-state index contributed by atoms with van der Waals surface area (Å²) in [6, 6.07) is 1.19. The Morgan fingerprint density at radius 1 is 1.10 bits per heavy atom. The molecule has 9 heteroatoms. The van der Waals surface area contributed by atoms with Crippen LogP contribution < -0.4 is 4.74 Å². The van der Waals surface area contributed by atoms with Crippen LogP contribution >= 0.6 is 10.7 Å². The molecule has 0 spiro atoms. The lowest BCUT2D eigenvalue weighted by Crippen LogP contribution is -2.10. The molecule has 0 aromatic heterocycles. The first kappa shape index (κ1) is 18.1. The number of benzene rings is 1. The Hall–Kier alpha value is -0.960. The largest absolute Gasteiger partial charge is 0.485 e. The third-order valence-corrected chi connectivity index (χ3v) is 3.70. The number of ether oxygens (including phenoxy) is 3. The molecule has 0 aliphatic heterocycles. The molecule has 0 radical (unpaired) electrons. The van der Waals surface area contributed by atoms with E-state index in [1.165, 1.54) is 0 Å². The van der Waals surface area contributed by atoms with Gasteiger partial charge in [0.25, 0.3) is 9.05 Å². The van der Waals surface area contributed by atoms with E-state index < -0.39 is 31.3 Å². The van der Waals surface area contributed by atoms with Crippen LogP contribution in [-0.4, -0.2) is 42.0 Å². The summed E-state index contributed by atoms with van der Waals surface area (Å²) in [7, 11) is 2.38. The lowest BCUT2D eigenvalue weighted by molar-refractivity contribution is 0.0786. The molecule has 0 amide bonds. The lowest BCUT2D eigenvalue weighted by Gasteiger charge is -2.09. The summed E-state index contributed by atoms with van der Waals surface area (Å²) < 4.78 is 64.0. The highest BCUT2D eigenvalue weighted by Gasteiger charge is 2.18. The van der Waals surface area contributed by atoms with E-state index in [1.807, 2.05) is 0 Å². The highest BCUT2D eigenvalue weighted by molar-refractivity contribution is 8.13. The zero-order valence-corrected chi connectivity index (χ0v) is 12.8. The minimum Gasteiger partial charge on any atom is -0.485 e. The Bertz CT molecular complexity index is 542. The summed E-state index contributed by atoms with van der Waals surface area (Å²) in [5.74, 6) is -2.96. The van der Waals surface area contributed by atoms with Gasteiger partial charge in [-0.2, -0.15) is 0 Å². The Balaban J connectivity index is 2.53. The SMILES string of the molecule is COCCCOCCOc1c(F)cc(S(=O)(=O)Cl)cc1F. The van der Waals surface area contributed by atoms with E-state index in [0.717, 1.165) is 0 Å². The van der Waals surface area contributed by atoms with Gasteiger partial charge in [0.2, 0.25) is 0 Å². The van der Waals surface area contributed by atoms with Crippen LogP contribution in [0.2, 0.25) is 0 Å². The van der Waals surface area contributed by atoms with Crippen molar-refractivity contribution in [2.75, 3.05) is 33.5 Å². The summed E-state index contributed by atoms with van der Waals surface area (Å²) in [5.41, 5.74) is 0. The van der Waals surface area contributed by atoms with Gasteiger partial charge in [0, 0.05) is 31.0 Å². The predicted molar refractivity (Wildman–Crippen MR) is 72.2 cm³/mol. The maximum atomic E-state index is 13.6. The Labute approximate surface area is 126 Å². The van der Waals surface area contributed by atoms with Crippen molar-refractivity contribution in [3.63, 3.8) is 0 Å².